The molecule has 0 aliphatic heterocycles. The van der Waals surface area contributed by atoms with Gasteiger partial charge in [0.25, 0.3) is 0 Å². The molecule has 0 radical (unpaired) electrons. The van der Waals surface area contributed by atoms with Gasteiger partial charge in [0.2, 0.25) is 10.0 Å². The quantitative estimate of drug-likeness (QED) is 0.743. The maximum absolute atomic E-state index is 12.1. The highest BCUT2D eigenvalue weighted by atomic mass is 32.2. The molecule has 92 valence electrons. The average Bonchev–Trinajstić information content (AvgIpc) is 1.98. The van der Waals surface area contributed by atoms with Crippen molar-refractivity contribution in [1.82, 2.24) is 4.31 Å². The third-order valence-corrected chi connectivity index (χ3v) is 3.25. The summed E-state index contributed by atoms with van der Waals surface area (Å²) in [5.41, 5.74) is 0. The Balaban J connectivity index is 4.62. The van der Waals surface area contributed by atoms with E-state index in [9.17, 15) is 21.6 Å². The number of hydrogen-bond donors (Lipinski definition) is 0. The minimum absolute atomic E-state index is 0.0814. The largest absolute Gasteiger partial charge is 0.402 e. The molecule has 3 nitrogen and oxygen atoms in total. The Labute approximate surface area is 88.3 Å². The number of rotatable bonds is 5. The molecule has 0 saturated carbocycles. The lowest BCUT2D eigenvalue weighted by Gasteiger charge is -2.23. The molecule has 0 spiro atoms. The average molecular weight is 247 g/mol. The molecular weight excluding hydrogens is 231 g/mol. The van der Waals surface area contributed by atoms with Crippen molar-refractivity contribution in [3.8, 4) is 0 Å². The molecule has 0 fully saturated rings. The van der Waals surface area contributed by atoms with Crippen LogP contribution in [0.3, 0.4) is 0 Å². The van der Waals surface area contributed by atoms with Crippen molar-refractivity contribution in [3.05, 3.63) is 0 Å². The van der Waals surface area contributed by atoms with Crippen LogP contribution in [0.4, 0.5) is 13.2 Å². The van der Waals surface area contributed by atoms with Gasteiger partial charge in [0, 0.05) is 6.54 Å². The van der Waals surface area contributed by atoms with Crippen molar-refractivity contribution in [2.45, 2.75) is 26.4 Å². The van der Waals surface area contributed by atoms with E-state index < -0.39 is 22.7 Å². The lowest BCUT2D eigenvalue weighted by molar-refractivity contribution is -0.136. The van der Waals surface area contributed by atoms with Gasteiger partial charge in [0.05, 0.1) is 6.26 Å². The van der Waals surface area contributed by atoms with Crippen LogP contribution in [-0.4, -0.2) is 38.2 Å². The van der Waals surface area contributed by atoms with Gasteiger partial charge in [-0.15, -0.1) is 0 Å². The number of hydrogen-bond acceptors (Lipinski definition) is 2. The molecule has 0 aromatic carbocycles. The minimum atomic E-state index is -4.49. The first-order valence-corrected chi connectivity index (χ1v) is 6.43. The maximum atomic E-state index is 12.1. The van der Waals surface area contributed by atoms with Crippen LogP contribution < -0.4 is 0 Å². The summed E-state index contributed by atoms with van der Waals surface area (Å²) >= 11 is 0. The van der Waals surface area contributed by atoms with E-state index in [1.54, 1.807) is 13.8 Å². The third-order valence-electron chi connectivity index (χ3n) is 2.04. The second-order valence-corrected chi connectivity index (χ2v) is 5.67. The van der Waals surface area contributed by atoms with Crippen LogP contribution in [0.15, 0.2) is 0 Å². The fourth-order valence-corrected chi connectivity index (χ4v) is 1.90. The predicted octanol–water partition coefficient (Wildman–Crippen LogP) is 1.86. The van der Waals surface area contributed by atoms with Crippen LogP contribution in [0.2, 0.25) is 0 Å². The van der Waals surface area contributed by atoms with Gasteiger partial charge in [0.1, 0.15) is 6.54 Å². The molecule has 0 aromatic rings. The van der Waals surface area contributed by atoms with E-state index in [4.69, 9.17) is 0 Å². The van der Waals surface area contributed by atoms with E-state index in [1.807, 2.05) is 0 Å². The summed E-state index contributed by atoms with van der Waals surface area (Å²) in [5, 5.41) is 0. The van der Waals surface area contributed by atoms with Crippen LogP contribution in [-0.2, 0) is 10.0 Å². The molecule has 0 N–H and O–H groups in total. The Kier molecular flexibility index (Phi) is 5.05. The van der Waals surface area contributed by atoms with Gasteiger partial charge >= 0.3 is 6.18 Å². The fraction of sp³-hybridized carbons (Fsp3) is 1.00. The van der Waals surface area contributed by atoms with Crippen molar-refractivity contribution in [3.63, 3.8) is 0 Å². The predicted molar refractivity (Wildman–Crippen MR) is 51.9 cm³/mol. The van der Waals surface area contributed by atoms with Crippen molar-refractivity contribution < 1.29 is 21.6 Å². The number of nitrogens with zero attached hydrogens (tertiary/aromatic N) is 1. The molecule has 0 saturated heterocycles. The van der Waals surface area contributed by atoms with Crippen molar-refractivity contribution in [2.24, 2.45) is 5.92 Å². The second-order valence-electron chi connectivity index (χ2n) is 3.68. The molecule has 15 heavy (non-hydrogen) atoms. The maximum Gasteiger partial charge on any atom is 0.402 e. The van der Waals surface area contributed by atoms with Crippen molar-refractivity contribution in [2.75, 3.05) is 19.3 Å². The van der Waals surface area contributed by atoms with E-state index in [2.05, 4.69) is 0 Å². The zero-order valence-corrected chi connectivity index (χ0v) is 9.82. The van der Waals surface area contributed by atoms with Gasteiger partial charge < -0.3 is 0 Å². The molecule has 1 unspecified atom stereocenters. The Morgan fingerprint density at radius 2 is 1.80 bits per heavy atom. The Morgan fingerprint density at radius 3 is 2.07 bits per heavy atom. The van der Waals surface area contributed by atoms with Crippen LogP contribution in [0.1, 0.15) is 20.3 Å². The zero-order valence-electron chi connectivity index (χ0n) is 9.00. The van der Waals surface area contributed by atoms with Crippen LogP contribution in [0.5, 0.6) is 0 Å². The molecular formula is C8H16F3NO2S. The molecule has 0 aliphatic carbocycles. The third kappa shape index (κ3) is 6.72. The monoisotopic (exact) mass is 247 g/mol. The summed E-state index contributed by atoms with van der Waals surface area (Å²) < 4.78 is 58.9. The topological polar surface area (TPSA) is 37.4 Å². The molecule has 0 amide bonds. The molecule has 0 aromatic heterocycles. The van der Waals surface area contributed by atoms with Crippen LogP contribution in [0, 0.1) is 5.92 Å². The zero-order chi connectivity index (χ0) is 12.3. The van der Waals surface area contributed by atoms with Gasteiger partial charge in [-0.3, -0.25) is 0 Å². The second kappa shape index (κ2) is 5.16. The molecule has 7 heteroatoms. The summed E-state index contributed by atoms with van der Waals surface area (Å²) in [4.78, 5) is 0. The number of sulfonamides is 1. The Morgan fingerprint density at radius 1 is 1.33 bits per heavy atom. The van der Waals surface area contributed by atoms with E-state index in [1.165, 1.54) is 0 Å². The van der Waals surface area contributed by atoms with Gasteiger partial charge in [-0.05, 0) is 5.92 Å². The van der Waals surface area contributed by atoms with E-state index >= 15 is 0 Å². The standard InChI is InChI=1S/C8H16F3NO2S/c1-4-7(2)5-12(15(3,13)14)6-8(9,10)11/h7H,4-6H2,1-3H3. The number of halogens is 3. The van der Waals surface area contributed by atoms with Gasteiger partial charge in [-0.2, -0.15) is 17.5 Å². The highest BCUT2D eigenvalue weighted by molar-refractivity contribution is 7.88. The van der Waals surface area contributed by atoms with E-state index in [0.717, 1.165) is 6.26 Å². The SMILES string of the molecule is CCC(C)CN(CC(F)(F)F)S(C)(=O)=O. The van der Waals surface area contributed by atoms with Gasteiger partial charge in [0.15, 0.2) is 0 Å². The van der Waals surface area contributed by atoms with Crippen molar-refractivity contribution >= 4 is 10.0 Å². The highest BCUT2D eigenvalue weighted by Crippen LogP contribution is 2.19. The van der Waals surface area contributed by atoms with Gasteiger partial charge in [-0.1, -0.05) is 20.3 Å². The van der Waals surface area contributed by atoms with Crippen LogP contribution in [0.25, 0.3) is 0 Å². The fourth-order valence-electron chi connectivity index (χ4n) is 0.994. The van der Waals surface area contributed by atoms with Gasteiger partial charge in [-0.25, -0.2) is 8.42 Å². The molecule has 0 bridgehead atoms. The Bertz CT molecular complexity index is 287. The smallest absolute Gasteiger partial charge is 0.213 e. The first-order valence-electron chi connectivity index (χ1n) is 4.58. The molecule has 0 heterocycles. The van der Waals surface area contributed by atoms with Crippen molar-refractivity contribution in [1.29, 1.82) is 0 Å². The minimum Gasteiger partial charge on any atom is -0.213 e. The Hall–Kier alpha value is -0.300. The molecule has 1 atom stereocenters. The normalized spacial score (nSPS) is 15.7. The lowest BCUT2D eigenvalue weighted by atomic mass is 10.1. The summed E-state index contributed by atoms with van der Waals surface area (Å²) in [6, 6.07) is 0. The lowest BCUT2D eigenvalue weighted by Crippen LogP contribution is -2.40. The van der Waals surface area contributed by atoms with Crippen LogP contribution >= 0.6 is 0 Å². The first kappa shape index (κ1) is 14.7. The molecule has 0 aliphatic rings. The molecule has 0 rings (SSSR count). The summed E-state index contributed by atoms with van der Waals surface area (Å²) in [5.74, 6) is -0.0814. The summed E-state index contributed by atoms with van der Waals surface area (Å²) in [7, 11) is -3.79. The van der Waals surface area contributed by atoms with E-state index in [-0.39, 0.29) is 12.5 Å². The first-order chi connectivity index (χ1) is 6.56. The summed E-state index contributed by atoms with van der Waals surface area (Å²) in [6.45, 7) is 2.03. The number of alkyl halides is 3. The highest BCUT2D eigenvalue weighted by Gasteiger charge is 2.34. The summed E-state index contributed by atoms with van der Waals surface area (Å²) in [6.07, 6.45) is -3.05. The van der Waals surface area contributed by atoms with E-state index in [0.29, 0.717) is 10.7 Å².